The van der Waals surface area contributed by atoms with Gasteiger partial charge >= 0.3 is 12.0 Å². The van der Waals surface area contributed by atoms with Gasteiger partial charge in [0.25, 0.3) is 0 Å². The summed E-state index contributed by atoms with van der Waals surface area (Å²) < 4.78 is 5.98. The van der Waals surface area contributed by atoms with Gasteiger partial charge in [-0.2, -0.15) is 0 Å². The van der Waals surface area contributed by atoms with Gasteiger partial charge in [-0.25, -0.2) is 9.59 Å². The van der Waals surface area contributed by atoms with Crippen LogP contribution in [0.15, 0.2) is 24.3 Å². The van der Waals surface area contributed by atoms with E-state index in [0.717, 1.165) is 31.2 Å². The number of carbonyl (C=O) groups is 2. The molecule has 1 aliphatic carbocycles. The first-order valence-corrected chi connectivity index (χ1v) is 8.57. The largest absolute Gasteiger partial charge is 0.478 e. The standard InChI is InChI=1S/C18H24N2O4/c21-16(22)14-5-3-13(4-6-14)12-19-17(23)20-15-7-10-24-18(11-15)8-1-2-9-18/h3-6,15H,1-2,7-12H2,(H,21,22)(H2,19,20,23). The summed E-state index contributed by atoms with van der Waals surface area (Å²) in [6, 6.07) is 6.49. The van der Waals surface area contributed by atoms with Crippen LogP contribution in [-0.4, -0.2) is 35.4 Å². The topological polar surface area (TPSA) is 87.7 Å². The van der Waals surface area contributed by atoms with Crippen LogP contribution in [0.25, 0.3) is 0 Å². The van der Waals surface area contributed by atoms with Crippen molar-refractivity contribution in [3.05, 3.63) is 35.4 Å². The first-order chi connectivity index (χ1) is 11.6. The molecule has 1 aromatic rings. The zero-order valence-electron chi connectivity index (χ0n) is 13.7. The van der Waals surface area contributed by atoms with E-state index in [1.165, 1.54) is 12.8 Å². The summed E-state index contributed by atoms with van der Waals surface area (Å²) in [5.41, 5.74) is 1.10. The quantitative estimate of drug-likeness (QED) is 0.791. The van der Waals surface area contributed by atoms with Crippen LogP contribution in [0.2, 0.25) is 0 Å². The number of urea groups is 1. The fraction of sp³-hybridized carbons (Fsp3) is 0.556. The highest BCUT2D eigenvalue weighted by atomic mass is 16.5. The zero-order chi connectivity index (χ0) is 17.0. The molecule has 6 heteroatoms. The van der Waals surface area contributed by atoms with E-state index in [0.29, 0.717) is 13.2 Å². The van der Waals surface area contributed by atoms with Gasteiger partial charge in [-0.3, -0.25) is 0 Å². The molecular weight excluding hydrogens is 308 g/mol. The summed E-state index contributed by atoms with van der Waals surface area (Å²) in [4.78, 5) is 22.9. The SMILES string of the molecule is O=C(NCc1ccc(C(=O)O)cc1)NC1CCOC2(CCCC2)C1. The van der Waals surface area contributed by atoms with Crippen molar-refractivity contribution in [3.63, 3.8) is 0 Å². The maximum absolute atomic E-state index is 12.1. The average molecular weight is 332 g/mol. The lowest BCUT2D eigenvalue weighted by molar-refractivity contribution is -0.0820. The Morgan fingerprint density at radius 1 is 1.21 bits per heavy atom. The van der Waals surface area contributed by atoms with Crippen LogP contribution in [0.1, 0.15) is 54.4 Å². The van der Waals surface area contributed by atoms with E-state index >= 15 is 0 Å². The molecule has 1 saturated heterocycles. The predicted molar refractivity (Wildman–Crippen MR) is 88.9 cm³/mol. The Hall–Kier alpha value is -2.08. The number of rotatable bonds is 4. The summed E-state index contributed by atoms with van der Waals surface area (Å²) in [6.45, 7) is 1.09. The molecule has 0 aromatic heterocycles. The fourth-order valence-electron chi connectivity index (χ4n) is 3.70. The molecule has 2 fully saturated rings. The molecule has 0 bridgehead atoms. The highest BCUT2D eigenvalue weighted by Crippen LogP contribution is 2.39. The molecule has 1 aromatic carbocycles. The Labute approximate surface area is 141 Å². The van der Waals surface area contributed by atoms with Crippen LogP contribution in [0.4, 0.5) is 4.79 Å². The molecule has 2 amide bonds. The van der Waals surface area contributed by atoms with E-state index in [4.69, 9.17) is 9.84 Å². The number of aromatic carboxylic acids is 1. The first-order valence-electron chi connectivity index (χ1n) is 8.57. The summed E-state index contributed by atoms with van der Waals surface area (Å²) in [5.74, 6) is -0.951. The molecule has 1 unspecified atom stereocenters. The molecule has 2 aliphatic rings. The molecule has 3 N–H and O–H groups in total. The molecule has 1 aliphatic heterocycles. The molecule has 130 valence electrons. The number of hydrogen-bond acceptors (Lipinski definition) is 3. The zero-order valence-corrected chi connectivity index (χ0v) is 13.7. The van der Waals surface area contributed by atoms with Crippen LogP contribution in [0.3, 0.4) is 0 Å². The number of nitrogens with one attached hydrogen (secondary N) is 2. The molecule has 3 rings (SSSR count). The van der Waals surface area contributed by atoms with Crippen molar-refractivity contribution < 1.29 is 19.4 Å². The van der Waals surface area contributed by atoms with Gasteiger partial charge < -0.3 is 20.5 Å². The summed E-state index contributed by atoms with van der Waals surface area (Å²) >= 11 is 0. The van der Waals surface area contributed by atoms with Crippen molar-refractivity contribution in [2.24, 2.45) is 0 Å². The Morgan fingerprint density at radius 3 is 2.58 bits per heavy atom. The maximum Gasteiger partial charge on any atom is 0.335 e. The number of benzene rings is 1. The lowest BCUT2D eigenvalue weighted by atomic mass is 9.89. The third-order valence-corrected chi connectivity index (χ3v) is 5.00. The van der Waals surface area contributed by atoms with E-state index in [1.807, 2.05) is 0 Å². The second-order valence-corrected chi connectivity index (χ2v) is 6.76. The Balaban J connectivity index is 1.46. The van der Waals surface area contributed by atoms with Crippen molar-refractivity contribution in [1.29, 1.82) is 0 Å². The number of ether oxygens (including phenoxy) is 1. The molecule has 1 spiro atoms. The van der Waals surface area contributed by atoms with E-state index in [9.17, 15) is 9.59 Å². The Kier molecular flexibility index (Phi) is 5.04. The van der Waals surface area contributed by atoms with Crippen LogP contribution >= 0.6 is 0 Å². The van der Waals surface area contributed by atoms with Gasteiger partial charge in [0.1, 0.15) is 0 Å². The van der Waals surface area contributed by atoms with Gasteiger partial charge in [0.05, 0.1) is 11.2 Å². The predicted octanol–water partition coefficient (Wildman–Crippen LogP) is 2.68. The van der Waals surface area contributed by atoms with Crippen molar-refractivity contribution in [2.45, 2.75) is 56.7 Å². The van der Waals surface area contributed by atoms with Crippen LogP contribution < -0.4 is 10.6 Å². The van der Waals surface area contributed by atoms with E-state index in [-0.39, 0.29) is 23.2 Å². The minimum Gasteiger partial charge on any atom is -0.478 e. The molecule has 1 atom stereocenters. The number of carbonyl (C=O) groups excluding carboxylic acids is 1. The molecule has 1 heterocycles. The van der Waals surface area contributed by atoms with Gasteiger partial charge in [0, 0.05) is 19.2 Å². The first kappa shape index (κ1) is 16.8. The highest BCUT2D eigenvalue weighted by Gasteiger charge is 2.40. The second kappa shape index (κ2) is 7.21. The third-order valence-electron chi connectivity index (χ3n) is 5.00. The van der Waals surface area contributed by atoms with Crippen molar-refractivity contribution in [2.75, 3.05) is 6.61 Å². The second-order valence-electron chi connectivity index (χ2n) is 6.76. The number of carboxylic acids is 1. The van der Waals surface area contributed by atoms with E-state index in [2.05, 4.69) is 10.6 Å². The number of carboxylic acid groups (broad SMARTS) is 1. The maximum atomic E-state index is 12.1. The molecule has 6 nitrogen and oxygen atoms in total. The minimum absolute atomic E-state index is 0.0111. The Morgan fingerprint density at radius 2 is 1.92 bits per heavy atom. The van der Waals surface area contributed by atoms with Gasteiger partial charge in [-0.05, 0) is 43.4 Å². The van der Waals surface area contributed by atoms with Crippen LogP contribution in [-0.2, 0) is 11.3 Å². The van der Waals surface area contributed by atoms with Gasteiger partial charge in [-0.1, -0.05) is 25.0 Å². The van der Waals surface area contributed by atoms with Crippen molar-refractivity contribution in [3.8, 4) is 0 Å². The average Bonchev–Trinajstić information content (AvgIpc) is 3.01. The monoisotopic (exact) mass is 332 g/mol. The molecule has 24 heavy (non-hydrogen) atoms. The van der Waals surface area contributed by atoms with Crippen molar-refractivity contribution >= 4 is 12.0 Å². The summed E-state index contributed by atoms with van der Waals surface area (Å²) in [5, 5.41) is 14.8. The molecule has 1 saturated carbocycles. The van der Waals surface area contributed by atoms with Gasteiger partial charge in [0.2, 0.25) is 0 Å². The number of hydrogen-bond donors (Lipinski definition) is 3. The lowest BCUT2D eigenvalue weighted by Gasteiger charge is -2.38. The van der Waals surface area contributed by atoms with Crippen molar-refractivity contribution in [1.82, 2.24) is 10.6 Å². The van der Waals surface area contributed by atoms with Crippen LogP contribution in [0.5, 0.6) is 0 Å². The molecule has 0 radical (unpaired) electrons. The van der Waals surface area contributed by atoms with E-state index < -0.39 is 5.97 Å². The van der Waals surface area contributed by atoms with Gasteiger partial charge in [0.15, 0.2) is 0 Å². The Bertz CT molecular complexity index is 594. The highest BCUT2D eigenvalue weighted by molar-refractivity contribution is 5.87. The summed E-state index contributed by atoms with van der Waals surface area (Å²) in [7, 11) is 0. The van der Waals surface area contributed by atoms with Crippen LogP contribution in [0, 0.1) is 0 Å². The van der Waals surface area contributed by atoms with Gasteiger partial charge in [-0.15, -0.1) is 0 Å². The molecular formula is C18H24N2O4. The third kappa shape index (κ3) is 4.06. The number of amides is 2. The van der Waals surface area contributed by atoms with E-state index in [1.54, 1.807) is 24.3 Å². The fourth-order valence-corrected chi connectivity index (χ4v) is 3.70. The smallest absolute Gasteiger partial charge is 0.335 e. The normalized spacial score (nSPS) is 22.2. The summed E-state index contributed by atoms with van der Waals surface area (Å²) in [6.07, 6.45) is 6.37. The lowest BCUT2D eigenvalue weighted by Crippen LogP contribution is -2.49. The minimum atomic E-state index is -0.951.